The molecule has 2 rings (SSSR count). The van der Waals surface area contributed by atoms with Crippen LogP contribution in [0.3, 0.4) is 0 Å². The van der Waals surface area contributed by atoms with Gasteiger partial charge in [-0.2, -0.15) is 5.10 Å². The summed E-state index contributed by atoms with van der Waals surface area (Å²) in [6, 6.07) is 11.9. The lowest BCUT2D eigenvalue weighted by Crippen LogP contribution is -2.46. The largest absolute Gasteiger partial charge is 0.507 e. The molecule has 0 heterocycles. The van der Waals surface area contributed by atoms with Gasteiger partial charge in [-0.1, -0.05) is 12.1 Å². The van der Waals surface area contributed by atoms with E-state index in [1.165, 1.54) is 19.2 Å². The van der Waals surface area contributed by atoms with Crippen LogP contribution in [-0.4, -0.2) is 44.6 Å². The first-order chi connectivity index (χ1) is 13.2. The molecule has 0 saturated carbocycles. The molecule has 0 saturated heterocycles. The minimum absolute atomic E-state index is 0.0145. The normalized spacial score (nSPS) is 12.5. The van der Waals surface area contributed by atoms with Crippen molar-refractivity contribution < 1.29 is 23.1 Å². The van der Waals surface area contributed by atoms with Crippen LogP contribution in [-0.2, 0) is 14.8 Å². The summed E-state index contributed by atoms with van der Waals surface area (Å²) < 4.78 is 30.9. The molecule has 2 aromatic rings. The molecule has 0 aliphatic heterocycles. The van der Waals surface area contributed by atoms with Crippen LogP contribution in [0.25, 0.3) is 0 Å². The number of benzene rings is 2. The van der Waals surface area contributed by atoms with Gasteiger partial charge in [0.05, 0.1) is 24.8 Å². The first-order valence-electron chi connectivity index (χ1n) is 8.57. The topological polar surface area (TPSA) is 108 Å². The molecule has 2 N–H and O–H groups in total. The van der Waals surface area contributed by atoms with E-state index in [0.717, 1.165) is 10.6 Å². The van der Waals surface area contributed by atoms with Gasteiger partial charge in [-0.25, -0.2) is 13.8 Å². The zero-order valence-corrected chi connectivity index (χ0v) is 16.7. The number of phenolic OH excluding ortho intramolecular Hbond substituents is 1. The number of hydrazone groups is 1. The van der Waals surface area contributed by atoms with Crippen molar-refractivity contribution in [3.8, 4) is 11.5 Å². The Hall–Kier alpha value is -3.07. The van der Waals surface area contributed by atoms with Crippen LogP contribution in [0, 0.1) is 0 Å². The number of para-hydroxylation sites is 1. The SMILES string of the molecule is CCOc1ccc(N([C@H](C)C(=O)N/N=C\c2ccccc2O)S(C)(=O)=O)cc1. The molecule has 0 unspecified atom stereocenters. The minimum atomic E-state index is -3.73. The second-order valence-corrected chi connectivity index (χ2v) is 7.81. The minimum Gasteiger partial charge on any atom is -0.507 e. The maximum absolute atomic E-state index is 12.4. The van der Waals surface area contributed by atoms with E-state index in [4.69, 9.17) is 4.74 Å². The first kappa shape index (κ1) is 21.2. The number of ether oxygens (including phenoxy) is 1. The van der Waals surface area contributed by atoms with Crippen molar-refractivity contribution in [2.75, 3.05) is 17.2 Å². The number of rotatable bonds is 8. The van der Waals surface area contributed by atoms with E-state index in [0.29, 0.717) is 23.6 Å². The summed E-state index contributed by atoms with van der Waals surface area (Å²) in [5, 5.41) is 13.5. The fraction of sp³-hybridized carbons (Fsp3) is 0.263. The van der Waals surface area contributed by atoms with Crippen molar-refractivity contribution in [3.63, 3.8) is 0 Å². The lowest BCUT2D eigenvalue weighted by atomic mass is 10.2. The summed E-state index contributed by atoms with van der Waals surface area (Å²) in [6.45, 7) is 3.80. The summed E-state index contributed by atoms with van der Waals surface area (Å²) in [7, 11) is -3.73. The highest BCUT2D eigenvalue weighted by Crippen LogP contribution is 2.24. The molecule has 28 heavy (non-hydrogen) atoms. The standard InChI is InChI=1S/C19H23N3O5S/c1-4-27-17-11-9-16(10-12-17)22(28(3,25)26)14(2)19(24)21-20-13-15-7-5-6-8-18(15)23/h5-14,23H,4H2,1-3H3,(H,21,24)/b20-13-/t14-/m1/s1. The number of anilines is 1. The zero-order valence-electron chi connectivity index (χ0n) is 15.9. The van der Waals surface area contributed by atoms with E-state index in [-0.39, 0.29) is 5.75 Å². The second-order valence-electron chi connectivity index (χ2n) is 5.95. The third-order valence-electron chi connectivity index (χ3n) is 3.81. The van der Waals surface area contributed by atoms with Gasteiger partial charge in [0, 0.05) is 5.56 Å². The predicted octanol–water partition coefficient (Wildman–Crippen LogP) is 2.10. The Bertz CT molecular complexity index is 942. The summed E-state index contributed by atoms with van der Waals surface area (Å²) in [5.41, 5.74) is 3.05. The molecule has 8 nitrogen and oxygen atoms in total. The zero-order chi connectivity index (χ0) is 20.7. The smallest absolute Gasteiger partial charge is 0.263 e. The van der Waals surface area contributed by atoms with Crippen molar-refractivity contribution in [1.29, 1.82) is 0 Å². The molecule has 150 valence electrons. The summed E-state index contributed by atoms with van der Waals surface area (Å²) >= 11 is 0. The Morgan fingerprint density at radius 2 is 1.89 bits per heavy atom. The van der Waals surface area contributed by atoms with Crippen molar-refractivity contribution >= 4 is 27.8 Å². The number of hydrogen-bond donors (Lipinski definition) is 2. The van der Waals surface area contributed by atoms with E-state index >= 15 is 0 Å². The maximum atomic E-state index is 12.4. The average molecular weight is 405 g/mol. The van der Waals surface area contributed by atoms with Gasteiger partial charge in [-0.05, 0) is 50.2 Å². The third kappa shape index (κ3) is 5.46. The van der Waals surface area contributed by atoms with Gasteiger partial charge >= 0.3 is 0 Å². The molecule has 0 spiro atoms. The van der Waals surface area contributed by atoms with E-state index < -0.39 is 22.0 Å². The molecule has 2 aromatic carbocycles. The molecule has 1 amide bonds. The monoisotopic (exact) mass is 405 g/mol. The van der Waals surface area contributed by atoms with Crippen LogP contribution in [0.5, 0.6) is 11.5 Å². The fourth-order valence-corrected chi connectivity index (χ4v) is 3.70. The number of amides is 1. The van der Waals surface area contributed by atoms with E-state index in [9.17, 15) is 18.3 Å². The first-order valence-corrected chi connectivity index (χ1v) is 10.4. The van der Waals surface area contributed by atoms with Gasteiger partial charge in [-0.15, -0.1) is 0 Å². The van der Waals surface area contributed by atoms with Gasteiger partial charge in [0.2, 0.25) is 10.0 Å². The molecule has 9 heteroatoms. The Labute approximate surface area is 164 Å². The highest BCUT2D eigenvalue weighted by molar-refractivity contribution is 7.92. The molecule has 0 radical (unpaired) electrons. The van der Waals surface area contributed by atoms with Crippen molar-refractivity contribution in [2.45, 2.75) is 19.9 Å². The van der Waals surface area contributed by atoms with E-state index in [1.807, 2.05) is 6.92 Å². The van der Waals surface area contributed by atoms with Gasteiger partial charge in [0.1, 0.15) is 17.5 Å². The molecular weight excluding hydrogens is 382 g/mol. The highest BCUT2D eigenvalue weighted by atomic mass is 32.2. The third-order valence-corrected chi connectivity index (χ3v) is 5.05. The number of carbonyl (C=O) groups excluding carboxylic acids is 1. The predicted molar refractivity (Wildman–Crippen MR) is 108 cm³/mol. The van der Waals surface area contributed by atoms with Crippen LogP contribution in [0.4, 0.5) is 5.69 Å². The molecule has 0 bridgehead atoms. The van der Waals surface area contributed by atoms with Gasteiger partial charge < -0.3 is 9.84 Å². The Morgan fingerprint density at radius 3 is 2.46 bits per heavy atom. The van der Waals surface area contributed by atoms with Gasteiger partial charge in [0.25, 0.3) is 5.91 Å². The lowest BCUT2D eigenvalue weighted by Gasteiger charge is -2.27. The number of aromatic hydroxyl groups is 1. The lowest BCUT2D eigenvalue weighted by molar-refractivity contribution is -0.121. The molecule has 0 fully saturated rings. The molecular formula is C19H23N3O5S. The molecule has 0 aliphatic carbocycles. The Kier molecular flexibility index (Phi) is 7.00. The number of carbonyl (C=O) groups is 1. The van der Waals surface area contributed by atoms with Crippen LogP contribution < -0.4 is 14.5 Å². The molecule has 0 aliphatic rings. The van der Waals surface area contributed by atoms with Crippen molar-refractivity contribution in [3.05, 3.63) is 54.1 Å². The molecule has 1 atom stereocenters. The number of nitrogens with zero attached hydrogens (tertiary/aromatic N) is 2. The van der Waals surface area contributed by atoms with Gasteiger partial charge in [0.15, 0.2) is 0 Å². The maximum Gasteiger partial charge on any atom is 0.263 e. The Balaban J connectivity index is 2.17. The number of phenols is 1. The summed E-state index contributed by atoms with van der Waals surface area (Å²) in [4.78, 5) is 12.4. The van der Waals surface area contributed by atoms with Crippen molar-refractivity contribution in [2.24, 2.45) is 5.10 Å². The molecule has 0 aromatic heterocycles. The highest BCUT2D eigenvalue weighted by Gasteiger charge is 2.29. The second kappa shape index (κ2) is 9.23. The van der Waals surface area contributed by atoms with Crippen LogP contribution in [0.2, 0.25) is 0 Å². The van der Waals surface area contributed by atoms with Crippen LogP contribution in [0.1, 0.15) is 19.4 Å². The van der Waals surface area contributed by atoms with E-state index in [2.05, 4.69) is 10.5 Å². The van der Waals surface area contributed by atoms with Crippen molar-refractivity contribution in [1.82, 2.24) is 5.43 Å². The van der Waals surface area contributed by atoms with E-state index in [1.54, 1.807) is 42.5 Å². The quantitative estimate of drug-likeness (QED) is 0.516. The van der Waals surface area contributed by atoms with Crippen LogP contribution >= 0.6 is 0 Å². The Morgan fingerprint density at radius 1 is 1.25 bits per heavy atom. The number of nitrogens with one attached hydrogen (secondary N) is 1. The average Bonchev–Trinajstić information content (AvgIpc) is 2.64. The summed E-state index contributed by atoms with van der Waals surface area (Å²) in [5.74, 6) is -0.00393. The fourth-order valence-electron chi connectivity index (χ4n) is 2.52. The van der Waals surface area contributed by atoms with Crippen LogP contribution in [0.15, 0.2) is 53.6 Å². The number of hydrogen-bond acceptors (Lipinski definition) is 6. The summed E-state index contributed by atoms with van der Waals surface area (Å²) in [6.07, 6.45) is 2.31. The number of sulfonamides is 1. The van der Waals surface area contributed by atoms with Gasteiger partial charge in [-0.3, -0.25) is 9.10 Å².